The summed E-state index contributed by atoms with van der Waals surface area (Å²) < 4.78 is 5.44. The molecule has 4 nitrogen and oxygen atoms in total. The maximum atomic E-state index is 5.44. The Labute approximate surface area is 117 Å². The van der Waals surface area contributed by atoms with E-state index in [4.69, 9.17) is 4.52 Å². The van der Waals surface area contributed by atoms with E-state index in [9.17, 15) is 0 Å². The zero-order valence-electron chi connectivity index (χ0n) is 11.4. The van der Waals surface area contributed by atoms with Crippen molar-refractivity contribution < 1.29 is 4.52 Å². The Morgan fingerprint density at radius 1 is 1.42 bits per heavy atom. The molecule has 0 aromatic carbocycles. The number of thiophene rings is 1. The van der Waals surface area contributed by atoms with Crippen LogP contribution in [0.3, 0.4) is 0 Å². The van der Waals surface area contributed by atoms with Crippen molar-refractivity contribution in [2.24, 2.45) is 0 Å². The number of nitrogens with one attached hydrogen (secondary N) is 1. The van der Waals surface area contributed by atoms with Crippen LogP contribution in [0.5, 0.6) is 0 Å². The number of hydrogen-bond acceptors (Lipinski definition) is 5. The highest BCUT2D eigenvalue weighted by Crippen LogP contribution is 2.35. The summed E-state index contributed by atoms with van der Waals surface area (Å²) in [4.78, 5) is 6.04. The van der Waals surface area contributed by atoms with Gasteiger partial charge in [-0.05, 0) is 45.2 Å². The lowest BCUT2D eigenvalue weighted by atomic mass is 9.96. The van der Waals surface area contributed by atoms with E-state index in [1.807, 2.05) is 18.4 Å². The molecule has 1 atom stereocenters. The summed E-state index contributed by atoms with van der Waals surface area (Å²) in [5, 5.41) is 9.45. The zero-order valence-corrected chi connectivity index (χ0v) is 12.2. The Bertz CT molecular complexity index is 561. The van der Waals surface area contributed by atoms with Crippen molar-refractivity contribution in [1.82, 2.24) is 15.5 Å². The van der Waals surface area contributed by atoms with Gasteiger partial charge in [0, 0.05) is 22.7 Å². The molecule has 2 aromatic heterocycles. The van der Waals surface area contributed by atoms with Gasteiger partial charge in [0.05, 0.1) is 5.56 Å². The molecule has 1 N–H and O–H groups in total. The number of fused-ring (bicyclic) bond motifs is 1. The Morgan fingerprint density at radius 2 is 2.26 bits per heavy atom. The van der Waals surface area contributed by atoms with Gasteiger partial charge in [0.15, 0.2) is 5.82 Å². The van der Waals surface area contributed by atoms with Crippen LogP contribution in [-0.4, -0.2) is 23.2 Å². The summed E-state index contributed by atoms with van der Waals surface area (Å²) in [6.45, 7) is 2.11. The van der Waals surface area contributed by atoms with Gasteiger partial charge in [-0.3, -0.25) is 0 Å². The number of likely N-dealkylation sites (N-methyl/N-ethyl adjacent to an activating group) is 1. The maximum absolute atomic E-state index is 5.44. The molecule has 1 aliphatic carbocycles. The lowest BCUT2D eigenvalue weighted by molar-refractivity contribution is 0.418. The van der Waals surface area contributed by atoms with E-state index in [0.29, 0.717) is 11.9 Å². The van der Waals surface area contributed by atoms with Crippen molar-refractivity contribution >= 4 is 11.3 Å². The molecular formula is C14H19N3OS. The van der Waals surface area contributed by atoms with Crippen LogP contribution in [0, 0.1) is 0 Å². The van der Waals surface area contributed by atoms with Crippen LogP contribution in [0.1, 0.15) is 36.0 Å². The molecule has 5 heteroatoms. The molecule has 0 fully saturated rings. The van der Waals surface area contributed by atoms with E-state index < -0.39 is 0 Å². The first-order chi connectivity index (χ1) is 9.28. The summed E-state index contributed by atoms with van der Waals surface area (Å²) in [7, 11) is 1.95. The van der Waals surface area contributed by atoms with Crippen LogP contribution < -0.4 is 5.32 Å². The van der Waals surface area contributed by atoms with Crippen LogP contribution in [0.15, 0.2) is 9.90 Å². The SMILES string of the molecule is CNC(C)Cc1noc(-c2csc3c2CCCC3)n1. The van der Waals surface area contributed by atoms with Gasteiger partial charge in [-0.1, -0.05) is 5.16 Å². The van der Waals surface area contributed by atoms with E-state index in [1.54, 1.807) is 0 Å². The molecule has 102 valence electrons. The molecule has 0 radical (unpaired) electrons. The van der Waals surface area contributed by atoms with Crippen LogP contribution in [0.4, 0.5) is 0 Å². The molecule has 0 saturated carbocycles. The molecule has 0 spiro atoms. The number of aryl methyl sites for hydroxylation is 1. The van der Waals surface area contributed by atoms with E-state index in [0.717, 1.165) is 24.2 Å². The quantitative estimate of drug-likeness (QED) is 0.933. The fourth-order valence-corrected chi connectivity index (χ4v) is 3.62. The fraction of sp³-hybridized carbons (Fsp3) is 0.571. The van der Waals surface area contributed by atoms with Crippen molar-refractivity contribution in [3.05, 3.63) is 21.6 Å². The standard InChI is InChI=1S/C14H19N3OS/c1-9(15-2)7-13-16-14(18-17-13)11-8-19-12-6-4-3-5-10(11)12/h8-9,15H,3-7H2,1-2H3. The first kappa shape index (κ1) is 12.8. The summed E-state index contributed by atoms with van der Waals surface area (Å²) in [6.07, 6.45) is 5.74. The monoisotopic (exact) mass is 277 g/mol. The van der Waals surface area contributed by atoms with Crippen molar-refractivity contribution in [2.75, 3.05) is 7.05 Å². The summed E-state index contributed by atoms with van der Waals surface area (Å²) >= 11 is 1.83. The second-order valence-electron chi connectivity index (χ2n) is 5.17. The number of hydrogen-bond donors (Lipinski definition) is 1. The van der Waals surface area contributed by atoms with E-state index >= 15 is 0 Å². The predicted molar refractivity (Wildman–Crippen MR) is 76.5 cm³/mol. The van der Waals surface area contributed by atoms with Crippen molar-refractivity contribution in [1.29, 1.82) is 0 Å². The summed E-state index contributed by atoms with van der Waals surface area (Å²) in [5.41, 5.74) is 2.60. The highest BCUT2D eigenvalue weighted by molar-refractivity contribution is 7.10. The van der Waals surface area contributed by atoms with Crippen molar-refractivity contribution in [2.45, 2.75) is 45.1 Å². The summed E-state index contributed by atoms with van der Waals surface area (Å²) in [6, 6.07) is 0.363. The first-order valence-corrected chi connectivity index (χ1v) is 7.75. The molecule has 3 rings (SSSR count). The molecule has 1 unspecified atom stereocenters. The van der Waals surface area contributed by atoms with Gasteiger partial charge < -0.3 is 9.84 Å². The minimum absolute atomic E-state index is 0.363. The maximum Gasteiger partial charge on any atom is 0.259 e. The zero-order chi connectivity index (χ0) is 13.2. The molecule has 0 saturated heterocycles. The van der Waals surface area contributed by atoms with Crippen LogP contribution in [0.25, 0.3) is 11.5 Å². The minimum Gasteiger partial charge on any atom is -0.334 e. The average Bonchev–Trinajstić information content (AvgIpc) is 3.04. The molecule has 0 bridgehead atoms. The largest absolute Gasteiger partial charge is 0.334 e. The third-order valence-corrected chi connectivity index (χ3v) is 4.83. The second-order valence-corrected chi connectivity index (χ2v) is 6.13. The predicted octanol–water partition coefficient (Wildman–Crippen LogP) is 2.83. The second kappa shape index (κ2) is 5.43. The summed E-state index contributed by atoms with van der Waals surface area (Å²) in [5.74, 6) is 1.48. The van der Waals surface area contributed by atoms with Crippen LogP contribution >= 0.6 is 11.3 Å². The third kappa shape index (κ3) is 2.58. The van der Waals surface area contributed by atoms with Gasteiger partial charge in [-0.15, -0.1) is 11.3 Å². The van der Waals surface area contributed by atoms with Crippen molar-refractivity contribution in [3.63, 3.8) is 0 Å². The topological polar surface area (TPSA) is 51.0 Å². The Kier molecular flexibility index (Phi) is 3.66. The van der Waals surface area contributed by atoms with E-state index in [1.165, 1.54) is 29.7 Å². The van der Waals surface area contributed by atoms with Gasteiger partial charge in [0.1, 0.15) is 0 Å². The number of aromatic nitrogens is 2. The molecular weight excluding hydrogens is 258 g/mol. The lowest BCUT2D eigenvalue weighted by Crippen LogP contribution is -2.24. The lowest BCUT2D eigenvalue weighted by Gasteiger charge is -2.10. The third-order valence-electron chi connectivity index (χ3n) is 3.74. The Morgan fingerprint density at radius 3 is 3.11 bits per heavy atom. The van der Waals surface area contributed by atoms with Crippen LogP contribution in [-0.2, 0) is 19.3 Å². The fourth-order valence-electron chi connectivity index (χ4n) is 2.50. The first-order valence-electron chi connectivity index (χ1n) is 6.87. The highest BCUT2D eigenvalue weighted by Gasteiger charge is 2.20. The molecule has 19 heavy (non-hydrogen) atoms. The number of nitrogens with zero attached hydrogens (tertiary/aromatic N) is 2. The number of rotatable bonds is 4. The highest BCUT2D eigenvalue weighted by atomic mass is 32.1. The average molecular weight is 277 g/mol. The molecule has 2 heterocycles. The normalized spacial score (nSPS) is 16.3. The van der Waals surface area contributed by atoms with Gasteiger partial charge in [-0.2, -0.15) is 4.98 Å². The van der Waals surface area contributed by atoms with Gasteiger partial charge >= 0.3 is 0 Å². The molecule has 0 aliphatic heterocycles. The Balaban J connectivity index is 1.84. The van der Waals surface area contributed by atoms with Gasteiger partial charge in [-0.25, -0.2) is 0 Å². The Hall–Kier alpha value is -1.20. The van der Waals surface area contributed by atoms with Crippen molar-refractivity contribution in [3.8, 4) is 11.5 Å². The molecule has 2 aromatic rings. The van der Waals surface area contributed by atoms with Gasteiger partial charge in [0.25, 0.3) is 5.89 Å². The van der Waals surface area contributed by atoms with E-state index in [2.05, 4.69) is 27.8 Å². The molecule has 0 amide bonds. The van der Waals surface area contributed by atoms with E-state index in [-0.39, 0.29) is 0 Å². The van der Waals surface area contributed by atoms with Gasteiger partial charge in [0.2, 0.25) is 0 Å². The molecule has 1 aliphatic rings. The van der Waals surface area contributed by atoms with Crippen LogP contribution in [0.2, 0.25) is 0 Å². The minimum atomic E-state index is 0.363. The smallest absolute Gasteiger partial charge is 0.259 e.